The van der Waals surface area contributed by atoms with Gasteiger partial charge in [-0.2, -0.15) is 21.6 Å². The standard InChI is InChI=1S/C31H35ClF3N5O8S/c1-17-12-19(38-8-10-47-11-9-38)14-22-26(17)37-27(40(22)29(43)48-30(2,3)4)25-21(16-39(28(25)42)49(44,45)31(33,34)35)36-15-23(41)18-6-7-24(46-5)20(32)13-18/h6-7,12-14,23,36,41H,8-11,15-16H2,1-5H3. The summed E-state index contributed by atoms with van der Waals surface area (Å²) in [5.41, 5.74) is -5.88. The third-order valence-electron chi connectivity index (χ3n) is 7.81. The van der Waals surface area contributed by atoms with Crippen molar-refractivity contribution in [1.29, 1.82) is 0 Å². The lowest BCUT2D eigenvalue weighted by Gasteiger charge is -2.29. The van der Waals surface area contributed by atoms with Crippen molar-refractivity contribution in [2.24, 2.45) is 0 Å². The molecule has 3 aromatic rings. The fraction of sp³-hybridized carbons (Fsp3) is 0.452. The molecule has 0 spiro atoms. The zero-order chi connectivity index (χ0) is 36.1. The third kappa shape index (κ3) is 7.15. The van der Waals surface area contributed by atoms with Crippen LogP contribution in [0.1, 0.15) is 43.8 Å². The number of aliphatic hydroxyl groups is 1. The lowest BCUT2D eigenvalue weighted by atomic mass is 10.1. The van der Waals surface area contributed by atoms with Crippen molar-refractivity contribution < 1.29 is 50.5 Å². The van der Waals surface area contributed by atoms with Gasteiger partial charge in [-0.15, -0.1) is 0 Å². The molecule has 0 aliphatic carbocycles. The van der Waals surface area contributed by atoms with Crippen molar-refractivity contribution >= 4 is 55.9 Å². The summed E-state index contributed by atoms with van der Waals surface area (Å²) in [5, 5.41) is 13.8. The molecule has 1 aromatic heterocycles. The average Bonchev–Trinajstić information content (AvgIpc) is 3.56. The zero-order valence-corrected chi connectivity index (χ0v) is 28.8. The van der Waals surface area contributed by atoms with Gasteiger partial charge < -0.3 is 29.5 Å². The van der Waals surface area contributed by atoms with Gasteiger partial charge in [0.05, 0.1) is 49.0 Å². The Bertz CT molecular complexity index is 1940. The molecule has 1 amide bonds. The number of alkyl halides is 3. The van der Waals surface area contributed by atoms with Crippen LogP contribution in [-0.2, 0) is 24.3 Å². The molecule has 0 radical (unpaired) electrons. The van der Waals surface area contributed by atoms with Gasteiger partial charge in [0.15, 0.2) is 5.82 Å². The number of rotatable bonds is 8. The van der Waals surface area contributed by atoms with Crippen molar-refractivity contribution in [3.8, 4) is 5.75 Å². The van der Waals surface area contributed by atoms with E-state index in [4.69, 9.17) is 25.8 Å². The first-order valence-corrected chi connectivity index (χ1v) is 16.9. The smallest absolute Gasteiger partial charge is 0.495 e. The molecule has 2 aliphatic heterocycles. The summed E-state index contributed by atoms with van der Waals surface area (Å²) in [4.78, 5) is 34.2. The van der Waals surface area contributed by atoms with Gasteiger partial charge in [-0.1, -0.05) is 17.7 Å². The van der Waals surface area contributed by atoms with E-state index in [-0.39, 0.29) is 31.6 Å². The second-order valence-corrected chi connectivity index (χ2v) is 14.6. The van der Waals surface area contributed by atoms with Crippen molar-refractivity contribution in [3.63, 3.8) is 0 Å². The number of anilines is 1. The van der Waals surface area contributed by atoms with Gasteiger partial charge >= 0.3 is 21.6 Å². The lowest BCUT2D eigenvalue weighted by Crippen LogP contribution is -2.43. The van der Waals surface area contributed by atoms with Gasteiger partial charge in [-0.25, -0.2) is 18.7 Å². The summed E-state index contributed by atoms with van der Waals surface area (Å²) in [6.45, 7) is 7.05. The Morgan fingerprint density at radius 1 is 1.16 bits per heavy atom. The van der Waals surface area contributed by atoms with Gasteiger partial charge in [0.1, 0.15) is 16.9 Å². The summed E-state index contributed by atoms with van der Waals surface area (Å²) in [6.07, 6.45) is -2.34. The van der Waals surface area contributed by atoms with E-state index < -0.39 is 63.7 Å². The number of morpholine rings is 1. The predicted octanol–water partition coefficient (Wildman–Crippen LogP) is 4.35. The highest BCUT2D eigenvalue weighted by Crippen LogP contribution is 2.38. The summed E-state index contributed by atoms with van der Waals surface area (Å²) >= 11 is 6.19. The monoisotopic (exact) mass is 729 g/mol. The first-order chi connectivity index (χ1) is 22.8. The Balaban J connectivity index is 1.67. The summed E-state index contributed by atoms with van der Waals surface area (Å²) < 4.78 is 83.4. The van der Waals surface area contributed by atoms with Crippen LogP contribution >= 0.6 is 11.6 Å². The highest BCUT2D eigenvalue weighted by Gasteiger charge is 2.55. The van der Waals surface area contributed by atoms with Gasteiger partial charge in [0.25, 0.3) is 5.91 Å². The highest BCUT2D eigenvalue weighted by molar-refractivity contribution is 7.90. The number of carbonyl (C=O) groups excluding carboxylic acids is 2. The van der Waals surface area contributed by atoms with E-state index in [1.807, 2.05) is 11.0 Å². The number of halogens is 4. The number of aromatic nitrogens is 2. The zero-order valence-electron chi connectivity index (χ0n) is 27.2. The van der Waals surface area contributed by atoms with Gasteiger partial charge in [0, 0.05) is 31.0 Å². The number of fused-ring (bicyclic) bond motifs is 1. The summed E-state index contributed by atoms with van der Waals surface area (Å²) in [7, 11) is -4.79. The molecule has 5 rings (SSSR count). The van der Waals surface area contributed by atoms with Crippen LogP contribution in [0.5, 0.6) is 5.75 Å². The van der Waals surface area contributed by atoms with Crippen molar-refractivity contribution in [3.05, 3.63) is 58.0 Å². The summed E-state index contributed by atoms with van der Waals surface area (Å²) in [6, 6.07) is 7.87. The van der Waals surface area contributed by atoms with Crippen LogP contribution in [0.3, 0.4) is 0 Å². The minimum absolute atomic E-state index is 0.176. The molecule has 3 heterocycles. The third-order valence-corrected chi connectivity index (χ3v) is 9.56. The minimum atomic E-state index is -6.19. The Labute approximate surface area is 285 Å². The lowest BCUT2D eigenvalue weighted by molar-refractivity contribution is -0.121. The normalized spacial score (nSPS) is 16.8. The molecule has 0 bridgehead atoms. The molecule has 13 nitrogen and oxygen atoms in total. The maximum absolute atomic E-state index is 13.8. The van der Waals surface area contributed by atoms with E-state index >= 15 is 0 Å². The predicted molar refractivity (Wildman–Crippen MR) is 174 cm³/mol. The number of methoxy groups -OCH3 is 1. The maximum Gasteiger partial charge on any atom is 0.516 e. The molecule has 18 heteroatoms. The van der Waals surface area contributed by atoms with Crippen LogP contribution in [0.4, 0.5) is 23.7 Å². The number of hydrogen-bond donors (Lipinski definition) is 2. The number of aryl methyl sites for hydroxylation is 1. The molecule has 2 aromatic carbocycles. The van der Waals surface area contributed by atoms with Crippen LogP contribution in [0.2, 0.25) is 5.02 Å². The van der Waals surface area contributed by atoms with Crippen molar-refractivity contribution in [1.82, 2.24) is 19.2 Å². The number of amides is 1. The quantitative estimate of drug-likeness (QED) is 0.340. The van der Waals surface area contributed by atoms with Crippen LogP contribution in [0, 0.1) is 6.92 Å². The molecule has 2 aliphatic rings. The molecule has 1 saturated heterocycles. The fourth-order valence-corrected chi connectivity index (χ4v) is 6.59. The van der Waals surface area contributed by atoms with Crippen molar-refractivity contribution in [2.45, 2.75) is 44.9 Å². The van der Waals surface area contributed by atoms with Crippen LogP contribution in [0.25, 0.3) is 16.6 Å². The van der Waals surface area contributed by atoms with Crippen LogP contribution < -0.4 is 15.0 Å². The number of ether oxygens (including phenoxy) is 3. The molecule has 1 unspecified atom stereocenters. The highest BCUT2D eigenvalue weighted by atomic mass is 35.5. The fourth-order valence-electron chi connectivity index (χ4n) is 5.46. The number of sulfonamides is 1. The van der Waals surface area contributed by atoms with Crippen molar-refractivity contribution in [2.75, 3.05) is 51.4 Å². The van der Waals surface area contributed by atoms with E-state index in [1.165, 1.54) is 25.3 Å². The largest absolute Gasteiger partial charge is 0.516 e. The number of carbonyl (C=O) groups is 2. The second kappa shape index (κ2) is 13.3. The molecular formula is C31H35ClF3N5O8S. The van der Waals surface area contributed by atoms with Gasteiger partial charge in [0.2, 0.25) is 0 Å². The van der Waals surface area contributed by atoms with Gasteiger partial charge in [-0.05, 0) is 63.1 Å². The van der Waals surface area contributed by atoms with E-state index in [1.54, 1.807) is 33.8 Å². The molecule has 2 N–H and O–H groups in total. The van der Waals surface area contributed by atoms with E-state index in [9.17, 15) is 36.3 Å². The number of nitrogens with zero attached hydrogens (tertiary/aromatic N) is 4. The van der Waals surface area contributed by atoms with E-state index in [0.29, 0.717) is 43.3 Å². The number of hydrogen-bond acceptors (Lipinski definition) is 11. The molecule has 266 valence electrons. The SMILES string of the molecule is COc1ccc(C(O)CNC2=C(c3nc4c(C)cc(N5CCOCC5)cc4n3C(=O)OC(C)(C)C)C(=O)N(S(=O)(=O)C(F)(F)F)C2)cc1Cl. The molecule has 0 saturated carbocycles. The Morgan fingerprint density at radius 2 is 1.84 bits per heavy atom. The van der Waals surface area contributed by atoms with Gasteiger partial charge in [-0.3, -0.25) is 4.79 Å². The molecule has 1 fully saturated rings. The van der Waals surface area contributed by atoms with Crippen LogP contribution in [-0.4, -0.2) is 97.0 Å². The maximum atomic E-state index is 13.8. The Morgan fingerprint density at radius 3 is 2.43 bits per heavy atom. The number of benzene rings is 2. The second-order valence-electron chi connectivity index (χ2n) is 12.4. The molecular weight excluding hydrogens is 695 g/mol. The minimum Gasteiger partial charge on any atom is -0.495 e. The number of nitrogens with one attached hydrogen (secondary N) is 1. The number of aliphatic hydroxyl groups excluding tert-OH is 1. The topological polar surface area (TPSA) is 153 Å². The van der Waals surface area contributed by atoms with E-state index in [0.717, 1.165) is 4.57 Å². The first kappa shape index (κ1) is 36.2. The van der Waals surface area contributed by atoms with Crippen LogP contribution in [0.15, 0.2) is 36.0 Å². The average molecular weight is 730 g/mol. The molecule has 49 heavy (non-hydrogen) atoms. The number of imidazole rings is 1. The van der Waals surface area contributed by atoms with E-state index in [2.05, 4.69) is 10.3 Å². The Hall–Kier alpha value is -4.06. The first-order valence-electron chi connectivity index (χ1n) is 15.1. The Kier molecular flexibility index (Phi) is 9.86. The summed E-state index contributed by atoms with van der Waals surface area (Å²) in [5.74, 6) is -1.69. The molecule has 1 atom stereocenters.